The lowest BCUT2D eigenvalue weighted by Gasteiger charge is -2.01. The lowest BCUT2D eigenvalue weighted by Crippen LogP contribution is -2.03. The Balaban J connectivity index is 2.68. The molecule has 0 aromatic carbocycles. The van der Waals surface area contributed by atoms with E-state index < -0.39 is 6.43 Å². The van der Waals surface area contributed by atoms with E-state index in [1.807, 2.05) is 0 Å². The van der Waals surface area contributed by atoms with Crippen LogP contribution in [0.4, 0.5) is 8.78 Å². The molecule has 1 aromatic heterocycles. The molecule has 0 aliphatic carbocycles. The Kier molecular flexibility index (Phi) is 3.70. The van der Waals surface area contributed by atoms with E-state index in [0.29, 0.717) is 18.9 Å². The maximum Gasteiger partial charge on any atom is 0.281 e. The van der Waals surface area contributed by atoms with Crippen molar-refractivity contribution in [3.05, 3.63) is 23.8 Å². The summed E-state index contributed by atoms with van der Waals surface area (Å²) < 4.78 is 29.0. The molecule has 0 fully saturated rings. The fourth-order valence-electron chi connectivity index (χ4n) is 0.799. The van der Waals surface area contributed by atoms with E-state index in [9.17, 15) is 8.78 Å². The highest BCUT2D eigenvalue weighted by atomic mass is 19.3. The number of aromatic nitrogens is 2. The van der Waals surface area contributed by atoms with Crippen LogP contribution in [0.15, 0.2) is 6.20 Å². The predicted octanol–water partition coefficient (Wildman–Crippen LogP) is 1.40. The minimum Gasteiger partial charge on any atom is -0.384 e. The standard InChI is InChI=1S/C8H9F2N2O/c1-13-5-3-7-11-4-2-6(12-7)8(9)10/h4,8H,3,5H2,1H3. The average molecular weight is 187 g/mol. The summed E-state index contributed by atoms with van der Waals surface area (Å²) in [5, 5.41) is 0. The van der Waals surface area contributed by atoms with Crippen LogP contribution >= 0.6 is 0 Å². The minimum atomic E-state index is -2.59. The Hall–Kier alpha value is -1.10. The van der Waals surface area contributed by atoms with Crippen molar-refractivity contribution in [2.75, 3.05) is 13.7 Å². The van der Waals surface area contributed by atoms with Gasteiger partial charge in [0.15, 0.2) is 0 Å². The first-order valence-electron chi connectivity index (χ1n) is 3.74. The Bertz CT molecular complexity index is 268. The lowest BCUT2D eigenvalue weighted by molar-refractivity contribution is 0.144. The Labute approximate surface area is 74.8 Å². The number of alkyl halides is 2. The summed E-state index contributed by atoms with van der Waals surface area (Å²) in [5.74, 6) is 0.357. The molecule has 0 amide bonds. The number of hydrogen-bond donors (Lipinski definition) is 0. The van der Waals surface area contributed by atoms with E-state index in [2.05, 4.69) is 16.0 Å². The maximum atomic E-state index is 12.1. The van der Waals surface area contributed by atoms with Crippen LogP contribution in [0.25, 0.3) is 0 Å². The molecule has 0 atom stereocenters. The molecule has 0 aliphatic rings. The summed E-state index contributed by atoms with van der Waals surface area (Å²) in [7, 11) is 1.53. The van der Waals surface area contributed by atoms with Crippen molar-refractivity contribution >= 4 is 0 Å². The van der Waals surface area contributed by atoms with Crippen molar-refractivity contribution < 1.29 is 13.5 Å². The van der Waals surface area contributed by atoms with Crippen LogP contribution < -0.4 is 0 Å². The molecule has 1 aromatic rings. The third kappa shape index (κ3) is 3.02. The zero-order valence-corrected chi connectivity index (χ0v) is 7.13. The molecular weight excluding hydrogens is 178 g/mol. The number of nitrogens with zero attached hydrogens (tertiary/aromatic N) is 2. The molecule has 5 heteroatoms. The summed E-state index contributed by atoms with van der Waals surface area (Å²) in [4.78, 5) is 7.39. The van der Waals surface area contributed by atoms with Gasteiger partial charge in [-0.15, -0.1) is 0 Å². The van der Waals surface area contributed by atoms with Gasteiger partial charge < -0.3 is 4.74 Å². The molecule has 1 heterocycles. The van der Waals surface area contributed by atoms with E-state index in [1.165, 1.54) is 13.3 Å². The van der Waals surface area contributed by atoms with Crippen molar-refractivity contribution in [1.82, 2.24) is 9.97 Å². The molecule has 0 unspecified atom stereocenters. The molecule has 0 N–H and O–H groups in total. The second-order valence-electron chi connectivity index (χ2n) is 2.36. The van der Waals surface area contributed by atoms with Crippen molar-refractivity contribution in [1.29, 1.82) is 0 Å². The highest BCUT2D eigenvalue weighted by Gasteiger charge is 2.09. The maximum absolute atomic E-state index is 12.1. The minimum absolute atomic E-state index is 0.357. The van der Waals surface area contributed by atoms with Gasteiger partial charge in [-0.25, -0.2) is 18.7 Å². The van der Waals surface area contributed by atoms with Crippen molar-refractivity contribution in [2.24, 2.45) is 0 Å². The Morgan fingerprint density at radius 3 is 3.00 bits per heavy atom. The summed E-state index contributed by atoms with van der Waals surface area (Å²) >= 11 is 0. The zero-order chi connectivity index (χ0) is 9.68. The smallest absolute Gasteiger partial charge is 0.281 e. The van der Waals surface area contributed by atoms with Crippen molar-refractivity contribution in [2.45, 2.75) is 12.8 Å². The molecule has 3 nitrogen and oxygen atoms in total. The molecule has 0 saturated carbocycles. The summed E-state index contributed by atoms with van der Waals surface area (Å²) in [6.45, 7) is 0.423. The first-order chi connectivity index (χ1) is 6.24. The van der Waals surface area contributed by atoms with Gasteiger partial charge in [0.05, 0.1) is 6.61 Å². The number of methoxy groups -OCH3 is 1. The number of ether oxygens (including phenoxy) is 1. The van der Waals surface area contributed by atoms with Crippen LogP contribution in [0.1, 0.15) is 17.9 Å². The van der Waals surface area contributed by atoms with Crippen molar-refractivity contribution in [3.8, 4) is 0 Å². The van der Waals surface area contributed by atoms with E-state index in [1.54, 1.807) is 0 Å². The summed E-state index contributed by atoms with van der Waals surface area (Å²) in [6.07, 6.45) is -0.950. The zero-order valence-electron chi connectivity index (χ0n) is 7.13. The SMILES string of the molecule is COCCc1nc[c]c(C(F)F)n1. The van der Waals surface area contributed by atoms with E-state index in [-0.39, 0.29) is 5.69 Å². The molecule has 1 rings (SSSR count). The van der Waals surface area contributed by atoms with Gasteiger partial charge in [0, 0.05) is 25.8 Å². The topological polar surface area (TPSA) is 35.0 Å². The van der Waals surface area contributed by atoms with Gasteiger partial charge in [0.2, 0.25) is 0 Å². The number of hydrogen-bond acceptors (Lipinski definition) is 3. The molecule has 0 spiro atoms. The van der Waals surface area contributed by atoms with Gasteiger partial charge in [0.25, 0.3) is 6.43 Å². The monoisotopic (exact) mass is 187 g/mol. The summed E-state index contributed by atoms with van der Waals surface area (Å²) in [6, 6.07) is 2.27. The molecule has 0 aliphatic heterocycles. The highest BCUT2D eigenvalue weighted by Crippen LogP contribution is 2.14. The first-order valence-corrected chi connectivity index (χ1v) is 3.74. The fourth-order valence-corrected chi connectivity index (χ4v) is 0.799. The van der Waals surface area contributed by atoms with Crippen molar-refractivity contribution in [3.63, 3.8) is 0 Å². The second kappa shape index (κ2) is 4.81. The Morgan fingerprint density at radius 2 is 2.38 bits per heavy atom. The number of rotatable bonds is 4. The van der Waals surface area contributed by atoms with Gasteiger partial charge >= 0.3 is 0 Å². The molecular formula is C8H9F2N2O. The summed E-state index contributed by atoms with van der Waals surface area (Å²) in [5.41, 5.74) is -0.360. The molecule has 71 valence electrons. The molecule has 1 radical (unpaired) electrons. The lowest BCUT2D eigenvalue weighted by atomic mass is 10.3. The third-order valence-electron chi connectivity index (χ3n) is 1.41. The van der Waals surface area contributed by atoms with E-state index in [0.717, 1.165) is 0 Å². The number of halogens is 2. The van der Waals surface area contributed by atoms with E-state index >= 15 is 0 Å². The first kappa shape index (κ1) is 9.98. The normalized spacial score (nSPS) is 10.8. The fraction of sp³-hybridized carbons (Fsp3) is 0.500. The average Bonchev–Trinajstić information content (AvgIpc) is 2.15. The molecule has 13 heavy (non-hydrogen) atoms. The van der Waals surface area contributed by atoms with E-state index in [4.69, 9.17) is 4.74 Å². The van der Waals surface area contributed by atoms with Gasteiger partial charge in [0.1, 0.15) is 11.5 Å². The van der Waals surface area contributed by atoms with Crippen LogP contribution in [0, 0.1) is 6.07 Å². The second-order valence-corrected chi connectivity index (χ2v) is 2.36. The van der Waals surface area contributed by atoms with Crippen LogP contribution in [-0.4, -0.2) is 23.7 Å². The van der Waals surface area contributed by atoms with Crippen LogP contribution in [0.2, 0.25) is 0 Å². The third-order valence-corrected chi connectivity index (χ3v) is 1.41. The highest BCUT2D eigenvalue weighted by molar-refractivity contribution is 5.01. The van der Waals surface area contributed by atoms with Crippen LogP contribution in [0.5, 0.6) is 0 Å². The predicted molar refractivity (Wildman–Crippen MR) is 41.4 cm³/mol. The molecule has 0 saturated heterocycles. The van der Waals surface area contributed by atoms with Gasteiger partial charge in [-0.1, -0.05) is 0 Å². The van der Waals surface area contributed by atoms with Crippen LogP contribution in [-0.2, 0) is 11.2 Å². The van der Waals surface area contributed by atoms with Gasteiger partial charge in [-0.3, -0.25) is 0 Å². The molecule has 0 bridgehead atoms. The largest absolute Gasteiger partial charge is 0.384 e. The van der Waals surface area contributed by atoms with Crippen LogP contribution in [0.3, 0.4) is 0 Å². The quantitative estimate of drug-likeness (QED) is 0.714. The van der Waals surface area contributed by atoms with Gasteiger partial charge in [-0.2, -0.15) is 0 Å². The Morgan fingerprint density at radius 1 is 1.62 bits per heavy atom. The van der Waals surface area contributed by atoms with Gasteiger partial charge in [-0.05, 0) is 0 Å².